The zero-order valence-electron chi connectivity index (χ0n) is 4.90. The van der Waals surface area contributed by atoms with Crippen LogP contribution in [0.25, 0.3) is 0 Å². The van der Waals surface area contributed by atoms with Gasteiger partial charge in [-0.1, -0.05) is 6.07 Å². The van der Waals surface area contributed by atoms with Crippen LogP contribution in [-0.2, 0) is 0 Å². The average Bonchev–Trinajstić information content (AvgIpc) is 2.08. The molecule has 50 valence electrons. The molecule has 0 saturated carbocycles. The van der Waals surface area contributed by atoms with E-state index in [9.17, 15) is 8.22 Å². The van der Waals surface area contributed by atoms with Gasteiger partial charge >= 0.3 is 8.74 Å². The van der Waals surface area contributed by atoms with E-state index in [0.29, 0.717) is 0 Å². The molecule has 0 unspecified atom stereocenters. The van der Waals surface area contributed by atoms with E-state index in [0.717, 1.165) is 17.9 Å². The fourth-order valence-corrected chi connectivity index (χ4v) is 2.41. The molecule has 0 aliphatic heterocycles. The van der Waals surface area contributed by atoms with Crippen LogP contribution in [0.2, 0.25) is 6.55 Å². The zero-order valence-corrected chi connectivity index (χ0v) is 6.71. The lowest BCUT2D eigenvalue weighted by atomic mass is 10.7. The van der Waals surface area contributed by atoms with Crippen LogP contribution in [0.4, 0.5) is 8.22 Å². The van der Waals surface area contributed by atoms with E-state index in [4.69, 9.17) is 0 Å². The van der Waals surface area contributed by atoms with E-state index in [-0.39, 0.29) is 4.50 Å². The van der Waals surface area contributed by atoms with Gasteiger partial charge in [-0.2, -0.15) is 0 Å². The van der Waals surface area contributed by atoms with Crippen molar-refractivity contribution in [1.82, 2.24) is 0 Å². The first-order valence-corrected chi connectivity index (χ1v) is 5.66. The molecule has 0 nitrogen and oxygen atoms in total. The minimum Gasteiger partial charge on any atom is -0.264 e. The van der Waals surface area contributed by atoms with Crippen LogP contribution in [0.1, 0.15) is 0 Å². The smallest absolute Gasteiger partial charge is 0.264 e. The number of thiophene rings is 1. The monoisotopic (exact) mass is 164 g/mol. The van der Waals surface area contributed by atoms with E-state index >= 15 is 0 Å². The van der Waals surface area contributed by atoms with Crippen LogP contribution >= 0.6 is 11.3 Å². The summed E-state index contributed by atoms with van der Waals surface area (Å²) in [4.78, 5) is 0. The number of hydrogen-bond donors (Lipinski definition) is 0. The van der Waals surface area contributed by atoms with Crippen molar-refractivity contribution in [1.29, 1.82) is 0 Å². The highest BCUT2D eigenvalue weighted by molar-refractivity contribution is 7.23. The summed E-state index contributed by atoms with van der Waals surface area (Å²) < 4.78 is 25.1. The van der Waals surface area contributed by atoms with Gasteiger partial charge in [-0.3, -0.25) is 8.22 Å². The number of rotatable bonds is 1. The summed E-state index contributed by atoms with van der Waals surface area (Å²) in [6.45, 7) is 1.04. The van der Waals surface area contributed by atoms with E-state index in [1.54, 1.807) is 11.4 Å². The van der Waals surface area contributed by atoms with Crippen LogP contribution in [-0.4, -0.2) is 8.74 Å². The second kappa shape index (κ2) is 2.19. The summed E-state index contributed by atoms with van der Waals surface area (Å²) in [5.74, 6) is 0. The quantitative estimate of drug-likeness (QED) is 0.440. The Balaban J connectivity index is 2.90. The van der Waals surface area contributed by atoms with Crippen molar-refractivity contribution >= 4 is 24.6 Å². The molecule has 0 aliphatic carbocycles. The molecule has 0 aromatic carbocycles. The second-order valence-electron chi connectivity index (χ2n) is 1.87. The van der Waals surface area contributed by atoms with Gasteiger partial charge in [0.05, 0.1) is 4.50 Å². The fourth-order valence-electron chi connectivity index (χ4n) is 0.528. The summed E-state index contributed by atoms with van der Waals surface area (Å²) >= 11 is 1.14. The molecule has 0 saturated heterocycles. The van der Waals surface area contributed by atoms with Crippen molar-refractivity contribution in [3.8, 4) is 0 Å². The molecule has 4 heteroatoms. The highest BCUT2D eigenvalue weighted by atomic mass is 32.1. The van der Waals surface area contributed by atoms with Gasteiger partial charge < -0.3 is 0 Å². The Morgan fingerprint density at radius 3 is 2.44 bits per heavy atom. The SMILES string of the molecule is C[Si](F)(F)c1cccs1. The Labute approximate surface area is 57.5 Å². The van der Waals surface area contributed by atoms with E-state index in [1.807, 2.05) is 0 Å². The maximum atomic E-state index is 12.4. The van der Waals surface area contributed by atoms with Gasteiger partial charge in [-0.25, -0.2) is 0 Å². The molecule has 1 rings (SSSR count). The zero-order chi connectivity index (χ0) is 6.91. The van der Waals surface area contributed by atoms with Crippen molar-refractivity contribution in [2.45, 2.75) is 6.55 Å². The third-order valence-electron chi connectivity index (χ3n) is 0.954. The standard InChI is InChI=1S/C5H6F2SSi/c1-9(6,7)5-3-2-4-8-5/h2-4H,1H3. The van der Waals surface area contributed by atoms with Crippen molar-refractivity contribution < 1.29 is 8.22 Å². The molecule has 9 heavy (non-hydrogen) atoms. The van der Waals surface area contributed by atoms with Crippen molar-refractivity contribution in [3.63, 3.8) is 0 Å². The van der Waals surface area contributed by atoms with Crippen LogP contribution in [0, 0.1) is 0 Å². The molecule has 0 N–H and O–H groups in total. The van der Waals surface area contributed by atoms with Gasteiger partial charge in [0.25, 0.3) is 0 Å². The highest BCUT2D eigenvalue weighted by Crippen LogP contribution is 2.09. The lowest BCUT2D eigenvalue weighted by Gasteiger charge is -2.00. The Hall–Kier alpha value is -0.223. The predicted molar refractivity (Wildman–Crippen MR) is 37.8 cm³/mol. The topological polar surface area (TPSA) is 0 Å². The minimum absolute atomic E-state index is 0.266. The van der Waals surface area contributed by atoms with Crippen molar-refractivity contribution in [2.75, 3.05) is 0 Å². The lowest BCUT2D eigenvalue weighted by Crippen LogP contribution is -2.32. The van der Waals surface area contributed by atoms with Crippen LogP contribution in [0.5, 0.6) is 0 Å². The minimum atomic E-state index is -3.96. The van der Waals surface area contributed by atoms with E-state index in [1.165, 1.54) is 6.07 Å². The number of hydrogen-bond acceptors (Lipinski definition) is 1. The molecule has 0 bridgehead atoms. The van der Waals surface area contributed by atoms with Gasteiger partial charge in [-0.05, 0) is 18.0 Å². The first-order chi connectivity index (χ1) is 4.11. The summed E-state index contributed by atoms with van der Waals surface area (Å²) in [5, 5.41) is 1.68. The molecule has 0 atom stereocenters. The predicted octanol–water partition coefficient (Wildman–Crippen LogP) is 1.97. The summed E-state index contributed by atoms with van der Waals surface area (Å²) in [7, 11) is -3.96. The normalized spacial score (nSPS) is 11.9. The van der Waals surface area contributed by atoms with Crippen LogP contribution in [0.15, 0.2) is 17.5 Å². The maximum Gasteiger partial charge on any atom is 0.462 e. The Bertz CT molecular complexity index is 177. The van der Waals surface area contributed by atoms with Gasteiger partial charge in [0, 0.05) is 0 Å². The summed E-state index contributed by atoms with van der Waals surface area (Å²) in [6, 6.07) is 3.15. The molecular formula is C5H6F2SSi. The lowest BCUT2D eigenvalue weighted by molar-refractivity contribution is 0.644. The Morgan fingerprint density at radius 2 is 2.22 bits per heavy atom. The van der Waals surface area contributed by atoms with E-state index < -0.39 is 8.74 Å². The van der Waals surface area contributed by atoms with Crippen LogP contribution < -0.4 is 4.50 Å². The highest BCUT2D eigenvalue weighted by Gasteiger charge is 2.31. The van der Waals surface area contributed by atoms with Crippen molar-refractivity contribution in [3.05, 3.63) is 17.5 Å². The molecule has 0 amide bonds. The van der Waals surface area contributed by atoms with E-state index in [2.05, 4.69) is 0 Å². The molecule has 1 aromatic heterocycles. The van der Waals surface area contributed by atoms with Gasteiger partial charge in [0.15, 0.2) is 0 Å². The summed E-state index contributed by atoms with van der Waals surface area (Å²) in [5.41, 5.74) is 0. The molecule has 0 radical (unpaired) electrons. The van der Waals surface area contributed by atoms with Gasteiger partial charge in [-0.15, -0.1) is 11.3 Å². The fraction of sp³-hybridized carbons (Fsp3) is 0.200. The third-order valence-corrected chi connectivity index (χ3v) is 4.10. The molecule has 1 aromatic rings. The molecule has 1 heterocycles. The second-order valence-corrected chi connectivity index (χ2v) is 5.49. The Morgan fingerprint density at radius 1 is 1.56 bits per heavy atom. The molecule has 0 fully saturated rings. The van der Waals surface area contributed by atoms with Crippen LogP contribution in [0.3, 0.4) is 0 Å². The molecule has 0 aliphatic rings. The Kier molecular flexibility index (Phi) is 1.68. The maximum absolute atomic E-state index is 12.4. The average molecular weight is 164 g/mol. The first kappa shape index (κ1) is 6.89. The summed E-state index contributed by atoms with van der Waals surface area (Å²) in [6.07, 6.45) is 0. The van der Waals surface area contributed by atoms with Gasteiger partial charge in [0.2, 0.25) is 0 Å². The first-order valence-electron chi connectivity index (χ1n) is 2.52. The van der Waals surface area contributed by atoms with Gasteiger partial charge in [0.1, 0.15) is 0 Å². The largest absolute Gasteiger partial charge is 0.462 e. The molecule has 0 spiro atoms. The number of halogens is 2. The van der Waals surface area contributed by atoms with Crippen molar-refractivity contribution in [2.24, 2.45) is 0 Å². The molecular weight excluding hydrogens is 158 g/mol. The third kappa shape index (κ3) is 1.59.